The lowest BCUT2D eigenvalue weighted by Gasteiger charge is -2.07. The molecule has 0 aliphatic rings. The highest BCUT2D eigenvalue weighted by Crippen LogP contribution is 2.17. The first-order valence-electron chi connectivity index (χ1n) is 5.98. The van der Waals surface area contributed by atoms with E-state index in [0.717, 1.165) is 18.2 Å². The number of methoxy groups -OCH3 is 1. The molecule has 5 nitrogen and oxygen atoms in total. The van der Waals surface area contributed by atoms with Crippen molar-refractivity contribution in [1.82, 2.24) is 5.32 Å². The number of rotatable bonds is 8. The van der Waals surface area contributed by atoms with E-state index in [2.05, 4.69) is 5.32 Å². The van der Waals surface area contributed by atoms with Crippen molar-refractivity contribution < 1.29 is 23.8 Å². The predicted molar refractivity (Wildman–Crippen MR) is 67.7 cm³/mol. The minimum Gasteiger partial charge on any atom is -0.507 e. The van der Waals surface area contributed by atoms with Crippen LogP contribution in [0.5, 0.6) is 5.75 Å². The fourth-order valence-electron chi connectivity index (χ4n) is 1.41. The van der Waals surface area contributed by atoms with Gasteiger partial charge in [0.15, 0.2) is 0 Å². The van der Waals surface area contributed by atoms with E-state index in [4.69, 9.17) is 9.47 Å². The number of phenols is 1. The van der Waals surface area contributed by atoms with E-state index in [1.165, 1.54) is 0 Å². The molecule has 1 aromatic rings. The molecule has 0 unspecified atom stereocenters. The third kappa shape index (κ3) is 5.67. The molecule has 0 aliphatic heterocycles. The SMILES string of the molecule is COCCOCCCNC(=O)c1cc(F)ccc1O. The summed E-state index contributed by atoms with van der Waals surface area (Å²) in [6.45, 7) is 1.93. The lowest BCUT2D eigenvalue weighted by Crippen LogP contribution is -2.25. The summed E-state index contributed by atoms with van der Waals surface area (Å²) in [5, 5.41) is 12.0. The lowest BCUT2D eigenvalue weighted by molar-refractivity contribution is 0.0688. The predicted octanol–water partition coefficient (Wildman–Crippen LogP) is 1.31. The molecular formula is C13H18FNO4. The van der Waals surface area contributed by atoms with Gasteiger partial charge in [-0.05, 0) is 24.6 Å². The van der Waals surface area contributed by atoms with Gasteiger partial charge in [0, 0.05) is 20.3 Å². The van der Waals surface area contributed by atoms with Crippen LogP contribution in [0.1, 0.15) is 16.8 Å². The molecule has 0 saturated heterocycles. The van der Waals surface area contributed by atoms with Gasteiger partial charge in [-0.25, -0.2) is 4.39 Å². The molecular weight excluding hydrogens is 253 g/mol. The Bertz CT molecular complexity index is 412. The summed E-state index contributed by atoms with van der Waals surface area (Å²) in [6.07, 6.45) is 0.630. The Morgan fingerprint density at radius 1 is 1.37 bits per heavy atom. The summed E-state index contributed by atoms with van der Waals surface area (Å²) in [7, 11) is 1.59. The highest BCUT2D eigenvalue weighted by Gasteiger charge is 2.11. The van der Waals surface area contributed by atoms with Crippen LogP contribution in [0.25, 0.3) is 0 Å². The molecule has 0 radical (unpaired) electrons. The van der Waals surface area contributed by atoms with Crippen LogP contribution < -0.4 is 5.32 Å². The van der Waals surface area contributed by atoms with E-state index in [9.17, 15) is 14.3 Å². The van der Waals surface area contributed by atoms with Gasteiger partial charge in [-0.1, -0.05) is 0 Å². The second-order valence-electron chi connectivity index (χ2n) is 3.88. The molecule has 0 fully saturated rings. The monoisotopic (exact) mass is 271 g/mol. The molecule has 0 aliphatic carbocycles. The van der Waals surface area contributed by atoms with Crippen molar-refractivity contribution in [1.29, 1.82) is 0 Å². The van der Waals surface area contributed by atoms with Crippen molar-refractivity contribution in [2.75, 3.05) is 33.5 Å². The van der Waals surface area contributed by atoms with Crippen molar-refractivity contribution in [3.05, 3.63) is 29.6 Å². The maximum atomic E-state index is 12.9. The Morgan fingerprint density at radius 3 is 2.89 bits per heavy atom. The standard InChI is InChI=1S/C13H18FNO4/c1-18-7-8-19-6-2-5-15-13(17)11-9-10(14)3-4-12(11)16/h3-4,9,16H,2,5-8H2,1H3,(H,15,17). The van der Waals surface area contributed by atoms with Crippen LogP contribution in [0.2, 0.25) is 0 Å². The van der Waals surface area contributed by atoms with E-state index in [0.29, 0.717) is 32.8 Å². The molecule has 0 aromatic heterocycles. The van der Waals surface area contributed by atoms with Crippen LogP contribution >= 0.6 is 0 Å². The average molecular weight is 271 g/mol. The Labute approximate surface area is 111 Å². The van der Waals surface area contributed by atoms with Gasteiger partial charge in [0.1, 0.15) is 11.6 Å². The minimum absolute atomic E-state index is 0.0692. The molecule has 0 atom stereocenters. The summed E-state index contributed by atoms with van der Waals surface area (Å²) in [4.78, 5) is 11.7. The molecule has 106 valence electrons. The van der Waals surface area contributed by atoms with Gasteiger partial charge in [-0.15, -0.1) is 0 Å². The van der Waals surface area contributed by atoms with Crippen LogP contribution in [0.15, 0.2) is 18.2 Å². The van der Waals surface area contributed by atoms with Crippen molar-refractivity contribution in [3.63, 3.8) is 0 Å². The van der Waals surface area contributed by atoms with Gasteiger partial charge in [0.25, 0.3) is 5.91 Å². The second kappa shape index (κ2) is 8.44. The Hall–Kier alpha value is -1.66. The summed E-state index contributed by atoms with van der Waals surface area (Å²) in [6, 6.07) is 3.24. The Kier molecular flexibility index (Phi) is 6.84. The summed E-state index contributed by atoms with van der Waals surface area (Å²) in [5.74, 6) is -1.31. The number of amides is 1. The zero-order valence-electron chi connectivity index (χ0n) is 10.8. The number of hydrogen-bond donors (Lipinski definition) is 2. The molecule has 1 amide bonds. The van der Waals surface area contributed by atoms with E-state index in [1.54, 1.807) is 7.11 Å². The third-order valence-corrected chi connectivity index (χ3v) is 2.39. The summed E-state index contributed by atoms with van der Waals surface area (Å²) >= 11 is 0. The number of carbonyl (C=O) groups excluding carboxylic acids is 1. The van der Waals surface area contributed by atoms with Crippen LogP contribution in [0, 0.1) is 5.82 Å². The summed E-state index contributed by atoms with van der Waals surface area (Å²) in [5.41, 5.74) is -0.0692. The molecule has 1 rings (SSSR count). The first-order chi connectivity index (χ1) is 9.15. The number of halogens is 1. The molecule has 19 heavy (non-hydrogen) atoms. The normalized spacial score (nSPS) is 10.4. The number of ether oxygens (including phenoxy) is 2. The fraction of sp³-hybridized carbons (Fsp3) is 0.462. The van der Waals surface area contributed by atoms with Crippen LogP contribution in [-0.2, 0) is 9.47 Å². The van der Waals surface area contributed by atoms with Gasteiger partial charge in [-0.2, -0.15) is 0 Å². The van der Waals surface area contributed by atoms with Crippen molar-refractivity contribution >= 4 is 5.91 Å². The maximum Gasteiger partial charge on any atom is 0.255 e. The third-order valence-electron chi connectivity index (χ3n) is 2.39. The summed E-state index contributed by atoms with van der Waals surface area (Å²) < 4.78 is 23.0. The quantitative estimate of drug-likeness (QED) is 0.700. The molecule has 0 heterocycles. The largest absolute Gasteiger partial charge is 0.507 e. The highest BCUT2D eigenvalue weighted by atomic mass is 19.1. The van der Waals surface area contributed by atoms with Crippen LogP contribution in [-0.4, -0.2) is 44.5 Å². The average Bonchev–Trinajstić information content (AvgIpc) is 2.40. The molecule has 2 N–H and O–H groups in total. The van der Waals surface area contributed by atoms with E-state index in [1.807, 2.05) is 0 Å². The Balaban J connectivity index is 2.26. The van der Waals surface area contributed by atoms with Crippen molar-refractivity contribution in [2.45, 2.75) is 6.42 Å². The molecule has 0 saturated carbocycles. The number of benzene rings is 1. The molecule has 6 heteroatoms. The van der Waals surface area contributed by atoms with Gasteiger partial charge in [-0.3, -0.25) is 4.79 Å². The Morgan fingerprint density at radius 2 is 2.16 bits per heavy atom. The highest BCUT2D eigenvalue weighted by molar-refractivity contribution is 5.96. The van der Waals surface area contributed by atoms with Crippen LogP contribution in [0.4, 0.5) is 4.39 Å². The number of aromatic hydroxyl groups is 1. The molecule has 0 spiro atoms. The fourth-order valence-corrected chi connectivity index (χ4v) is 1.41. The van der Waals surface area contributed by atoms with Crippen LogP contribution in [0.3, 0.4) is 0 Å². The maximum absolute atomic E-state index is 12.9. The first-order valence-corrected chi connectivity index (χ1v) is 5.98. The number of hydrogen-bond acceptors (Lipinski definition) is 4. The van der Waals surface area contributed by atoms with E-state index in [-0.39, 0.29) is 11.3 Å². The van der Waals surface area contributed by atoms with Crippen molar-refractivity contribution in [2.24, 2.45) is 0 Å². The number of carbonyl (C=O) groups is 1. The molecule has 1 aromatic carbocycles. The second-order valence-corrected chi connectivity index (χ2v) is 3.88. The smallest absolute Gasteiger partial charge is 0.255 e. The van der Waals surface area contributed by atoms with Gasteiger partial charge in [0.05, 0.1) is 18.8 Å². The van der Waals surface area contributed by atoms with Crippen molar-refractivity contribution in [3.8, 4) is 5.75 Å². The van der Waals surface area contributed by atoms with Gasteiger partial charge < -0.3 is 19.9 Å². The van der Waals surface area contributed by atoms with Gasteiger partial charge >= 0.3 is 0 Å². The van der Waals surface area contributed by atoms with Gasteiger partial charge in [0.2, 0.25) is 0 Å². The number of phenolic OH excluding ortho intramolecular Hbond substituents is 1. The van der Waals surface area contributed by atoms with E-state index < -0.39 is 11.7 Å². The van der Waals surface area contributed by atoms with E-state index >= 15 is 0 Å². The number of nitrogens with one attached hydrogen (secondary N) is 1. The molecule has 0 bridgehead atoms. The topological polar surface area (TPSA) is 67.8 Å². The zero-order chi connectivity index (χ0) is 14.1. The minimum atomic E-state index is -0.564. The lowest BCUT2D eigenvalue weighted by atomic mass is 10.2. The zero-order valence-corrected chi connectivity index (χ0v) is 10.8. The first kappa shape index (κ1) is 15.4.